The van der Waals surface area contributed by atoms with Crippen molar-refractivity contribution in [3.8, 4) is 0 Å². The van der Waals surface area contributed by atoms with Crippen molar-refractivity contribution in [3.05, 3.63) is 24.3 Å². The van der Waals surface area contributed by atoms with Gasteiger partial charge in [-0.25, -0.2) is 0 Å². The number of fused-ring (bicyclic) bond motifs is 2. The van der Waals surface area contributed by atoms with Crippen LogP contribution in [0.5, 0.6) is 0 Å². The fourth-order valence-electron chi connectivity index (χ4n) is 7.10. The number of likely N-dealkylation sites (tertiary alicyclic amines) is 1. The molecule has 7 nitrogen and oxygen atoms in total. The van der Waals surface area contributed by atoms with Gasteiger partial charge in [-0.3, -0.25) is 14.4 Å². The third-order valence-electron chi connectivity index (χ3n) is 8.31. The lowest BCUT2D eigenvalue weighted by Gasteiger charge is -2.45. The topological polar surface area (TPSA) is 87.2 Å². The van der Waals surface area contributed by atoms with Gasteiger partial charge in [0.05, 0.1) is 35.8 Å². The molecule has 4 rings (SSSR count). The summed E-state index contributed by atoms with van der Waals surface area (Å²) in [5, 5.41) is 10.0. The zero-order valence-electron chi connectivity index (χ0n) is 23.2. The Morgan fingerprint density at radius 3 is 2.51 bits per heavy atom. The Balaban J connectivity index is 1.84. The average Bonchev–Trinajstić information content (AvgIpc) is 3.18. The third-order valence-corrected chi connectivity index (χ3v) is 10.1. The second kappa shape index (κ2) is 10.4. The summed E-state index contributed by atoms with van der Waals surface area (Å²) in [5.41, 5.74) is -0.444. The summed E-state index contributed by atoms with van der Waals surface area (Å²) in [5.74, 6) is -2.05. The largest absolute Gasteiger partial charge is 0.465 e. The highest BCUT2D eigenvalue weighted by molar-refractivity contribution is 8.02. The molecule has 4 heterocycles. The molecule has 1 spiro atoms. The highest BCUT2D eigenvalue weighted by Gasteiger charge is 2.72. The van der Waals surface area contributed by atoms with Crippen LogP contribution in [0.4, 0.5) is 0 Å². The van der Waals surface area contributed by atoms with Crippen LogP contribution in [0.1, 0.15) is 73.6 Å². The number of nitrogens with zero attached hydrogens (tertiary/aromatic N) is 2. The predicted molar refractivity (Wildman–Crippen MR) is 146 cm³/mol. The summed E-state index contributed by atoms with van der Waals surface area (Å²) in [4.78, 5) is 45.8. The highest BCUT2D eigenvalue weighted by atomic mass is 32.2. The maximum Gasteiger partial charge on any atom is 0.311 e. The molecule has 0 aromatic rings. The highest BCUT2D eigenvalue weighted by Crippen LogP contribution is 2.61. The molecule has 1 unspecified atom stereocenters. The first kappa shape index (κ1) is 28.2. The summed E-state index contributed by atoms with van der Waals surface area (Å²) in [7, 11) is 0. The number of hydrogen-bond donors (Lipinski definition) is 1. The van der Waals surface area contributed by atoms with Crippen LogP contribution < -0.4 is 0 Å². The zero-order valence-corrected chi connectivity index (χ0v) is 24.1. The number of allylic oxidation sites excluding steroid dienone is 1. The number of rotatable bonds is 5. The monoisotopic (exact) mass is 532 g/mol. The number of carbonyl (C=O) groups excluding carboxylic acids is 3. The van der Waals surface area contributed by atoms with Gasteiger partial charge in [-0.15, -0.1) is 11.8 Å². The average molecular weight is 533 g/mol. The lowest BCUT2D eigenvalue weighted by Crippen LogP contribution is -2.60. The fraction of sp³-hybridized carbons (Fsp3) is 0.759. The Bertz CT molecular complexity index is 966. The lowest BCUT2D eigenvalue weighted by molar-refractivity contribution is -0.154. The molecule has 206 valence electrons. The van der Waals surface area contributed by atoms with Gasteiger partial charge in [0, 0.05) is 17.3 Å². The van der Waals surface area contributed by atoms with E-state index in [0.717, 1.165) is 25.7 Å². The van der Waals surface area contributed by atoms with Crippen molar-refractivity contribution < 1.29 is 24.2 Å². The molecule has 8 heteroatoms. The van der Waals surface area contributed by atoms with E-state index < -0.39 is 34.2 Å². The van der Waals surface area contributed by atoms with E-state index >= 15 is 0 Å². The first-order chi connectivity index (χ1) is 17.4. The van der Waals surface area contributed by atoms with Crippen LogP contribution in [0.2, 0.25) is 0 Å². The van der Waals surface area contributed by atoms with Gasteiger partial charge in [-0.1, -0.05) is 52.0 Å². The van der Waals surface area contributed by atoms with E-state index in [2.05, 4.69) is 46.8 Å². The van der Waals surface area contributed by atoms with Crippen LogP contribution in [-0.4, -0.2) is 80.1 Å². The van der Waals surface area contributed by atoms with Crippen molar-refractivity contribution in [2.45, 2.75) is 101 Å². The van der Waals surface area contributed by atoms with Crippen molar-refractivity contribution in [2.24, 2.45) is 17.3 Å². The molecule has 2 amide bonds. The van der Waals surface area contributed by atoms with Gasteiger partial charge in [-0.05, 0) is 51.4 Å². The van der Waals surface area contributed by atoms with E-state index in [0.29, 0.717) is 19.6 Å². The van der Waals surface area contributed by atoms with E-state index in [1.54, 1.807) is 16.7 Å². The van der Waals surface area contributed by atoms with Crippen LogP contribution >= 0.6 is 11.8 Å². The summed E-state index contributed by atoms with van der Waals surface area (Å²) in [6.45, 7) is 13.2. The summed E-state index contributed by atoms with van der Waals surface area (Å²) in [6.07, 6.45) is 12.2. The van der Waals surface area contributed by atoms with Crippen LogP contribution in [-0.2, 0) is 19.1 Å². The molecule has 0 bridgehead atoms. The molecule has 37 heavy (non-hydrogen) atoms. The van der Waals surface area contributed by atoms with E-state index in [1.165, 1.54) is 0 Å². The van der Waals surface area contributed by atoms with Crippen molar-refractivity contribution >= 4 is 29.5 Å². The quantitative estimate of drug-likeness (QED) is 0.426. The minimum Gasteiger partial charge on any atom is -0.465 e. The number of aliphatic hydroxyl groups is 1. The van der Waals surface area contributed by atoms with E-state index in [9.17, 15) is 19.5 Å². The van der Waals surface area contributed by atoms with Crippen molar-refractivity contribution in [1.29, 1.82) is 0 Å². The molecule has 2 saturated heterocycles. The molecule has 1 N–H and O–H groups in total. The van der Waals surface area contributed by atoms with Crippen LogP contribution in [0, 0.1) is 17.3 Å². The summed E-state index contributed by atoms with van der Waals surface area (Å²) < 4.78 is 4.78. The summed E-state index contributed by atoms with van der Waals surface area (Å²) >= 11 is 1.56. The smallest absolute Gasteiger partial charge is 0.311 e. The SMILES string of the molecule is CC[C@@H](CO)N1C(=O)[C@@H]2[C@@H]3C(=O)OCCCC/C=C\[C@@H]3S[C@@]23C=CCN(C(C)(C)CC(C)(C)C)C(=O)C13. The molecule has 4 aliphatic rings. The normalized spacial score (nSPS) is 34.4. The Kier molecular flexibility index (Phi) is 7.93. The van der Waals surface area contributed by atoms with Crippen LogP contribution in [0.25, 0.3) is 0 Å². The van der Waals surface area contributed by atoms with Gasteiger partial charge in [0.25, 0.3) is 0 Å². The minimum atomic E-state index is -0.893. The Morgan fingerprint density at radius 2 is 1.86 bits per heavy atom. The van der Waals surface area contributed by atoms with E-state index in [4.69, 9.17) is 4.74 Å². The molecule has 6 atom stereocenters. The molecule has 2 fully saturated rings. The minimum absolute atomic E-state index is 0.00137. The number of aliphatic hydroxyl groups excluding tert-OH is 1. The number of hydrogen-bond acceptors (Lipinski definition) is 6. The van der Waals surface area contributed by atoms with E-state index in [1.807, 2.05) is 24.0 Å². The molecular formula is C29H44N2O5S. The number of carbonyl (C=O) groups is 3. The molecule has 0 saturated carbocycles. The first-order valence-corrected chi connectivity index (χ1v) is 14.7. The number of esters is 1. The molecule has 0 aromatic heterocycles. The van der Waals surface area contributed by atoms with Crippen molar-refractivity contribution in [2.75, 3.05) is 19.8 Å². The van der Waals surface area contributed by atoms with E-state index in [-0.39, 0.29) is 35.1 Å². The lowest BCUT2D eigenvalue weighted by atomic mass is 9.78. The van der Waals surface area contributed by atoms with Gasteiger partial charge in [-0.2, -0.15) is 0 Å². The van der Waals surface area contributed by atoms with Crippen LogP contribution in [0.3, 0.4) is 0 Å². The Labute approximate surface area is 226 Å². The van der Waals surface area contributed by atoms with Gasteiger partial charge >= 0.3 is 5.97 Å². The van der Waals surface area contributed by atoms with Gasteiger partial charge < -0.3 is 19.6 Å². The number of cyclic esters (lactones) is 1. The standard InChI is InChI=1S/C29H44N2O5S/c1-7-19(17-32)31-23-25(34)30(28(5,6)18-27(2,3)4)15-12-14-29(23)22(24(31)33)21-20(37-29)13-10-8-9-11-16-36-26(21)35/h10,12-14,19-23,32H,7-9,11,15-18H2,1-6H3/b13-10-/t19-,20-,21+,22-,23?,29-/m0/s1. The maximum absolute atomic E-state index is 14.6. The van der Waals surface area contributed by atoms with Gasteiger partial charge in [0.1, 0.15) is 6.04 Å². The first-order valence-electron chi connectivity index (χ1n) is 13.8. The second-order valence-electron chi connectivity index (χ2n) is 12.8. The predicted octanol–water partition coefficient (Wildman–Crippen LogP) is 3.95. The van der Waals surface area contributed by atoms with Crippen molar-refractivity contribution in [3.63, 3.8) is 0 Å². The van der Waals surface area contributed by atoms with Gasteiger partial charge in [0.15, 0.2) is 0 Å². The molecule has 0 aromatic carbocycles. The number of amides is 2. The maximum atomic E-state index is 14.6. The van der Waals surface area contributed by atoms with Gasteiger partial charge in [0.2, 0.25) is 11.8 Å². The number of thioether (sulfide) groups is 1. The third kappa shape index (κ3) is 5.00. The summed E-state index contributed by atoms with van der Waals surface area (Å²) in [6, 6.07) is -1.28. The molecule has 0 radical (unpaired) electrons. The van der Waals surface area contributed by atoms with Crippen molar-refractivity contribution in [1.82, 2.24) is 9.80 Å². The Morgan fingerprint density at radius 1 is 1.14 bits per heavy atom. The second-order valence-corrected chi connectivity index (χ2v) is 14.3. The van der Waals surface area contributed by atoms with Crippen LogP contribution in [0.15, 0.2) is 24.3 Å². The number of ether oxygens (including phenoxy) is 1. The zero-order chi connectivity index (χ0) is 27.2. The molecule has 0 aliphatic carbocycles. The Hall–Kier alpha value is -1.80. The molecular weight excluding hydrogens is 488 g/mol. The molecule has 4 aliphatic heterocycles. The fourth-order valence-corrected chi connectivity index (χ4v) is 9.09.